The lowest BCUT2D eigenvalue weighted by Gasteiger charge is -2.10. The number of aliphatic hydroxyl groups excluding tert-OH is 1. The van der Waals surface area contributed by atoms with Crippen molar-refractivity contribution in [3.05, 3.63) is 34.9 Å². The zero-order chi connectivity index (χ0) is 14.4. The molecule has 0 aromatic heterocycles. The van der Waals surface area contributed by atoms with Gasteiger partial charge in [0.1, 0.15) is 0 Å². The van der Waals surface area contributed by atoms with Gasteiger partial charge in [0.05, 0.1) is 30.4 Å². The van der Waals surface area contributed by atoms with Crippen molar-refractivity contribution in [2.45, 2.75) is 26.9 Å². The first-order chi connectivity index (χ1) is 8.99. The van der Waals surface area contributed by atoms with Gasteiger partial charge in [-0.25, -0.2) is 9.59 Å². The fraction of sp³-hybridized carbons (Fsp3) is 0.429. The molecule has 0 saturated heterocycles. The quantitative estimate of drug-likeness (QED) is 0.826. The molecule has 1 N–H and O–H groups in total. The molecule has 5 nitrogen and oxygen atoms in total. The molecule has 0 heterocycles. The number of ether oxygens (including phenoxy) is 2. The van der Waals surface area contributed by atoms with Crippen LogP contribution in [0.1, 0.15) is 53.2 Å². The van der Waals surface area contributed by atoms with E-state index >= 15 is 0 Å². The Balaban J connectivity index is 3.17. The van der Waals surface area contributed by atoms with Gasteiger partial charge in [-0.3, -0.25) is 0 Å². The van der Waals surface area contributed by atoms with Crippen molar-refractivity contribution in [3.8, 4) is 0 Å². The topological polar surface area (TPSA) is 72.8 Å². The van der Waals surface area contributed by atoms with Crippen molar-refractivity contribution in [2.75, 3.05) is 13.2 Å². The Morgan fingerprint density at radius 2 is 1.47 bits per heavy atom. The molecule has 0 saturated carbocycles. The summed E-state index contributed by atoms with van der Waals surface area (Å²) in [5.41, 5.74) is 0.917. The van der Waals surface area contributed by atoms with Crippen LogP contribution in [0.15, 0.2) is 18.2 Å². The average molecular weight is 266 g/mol. The summed E-state index contributed by atoms with van der Waals surface area (Å²) in [4.78, 5) is 23.4. The van der Waals surface area contributed by atoms with Gasteiger partial charge in [-0.05, 0) is 44.5 Å². The molecular weight excluding hydrogens is 248 g/mol. The lowest BCUT2D eigenvalue weighted by molar-refractivity contribution is 0.0524. The van der Waals surface area contributed by atoms with E-state index in [1.54, 1.807) is 20.8 Å². The highest BCUT2D eigenvalue weighted by molar-refractivity contribution is 5.95. The molecule has 1 unspecified atom stereocenters. The Morgan fingerprint density at radius 3 is 1.79 bits per heavy atom. The third-order valence-electron chi connectivity index (χ3n) is 2.46. The molecule has 0 radical (unpaired) electrons. The Morgan fingerprint density at radius 1 is 1.05 bits per heavy atom. The van der Waals surface area contributed by atoms with Crippen molar-refractivity contribution in [1.82, 2.24) is 0 Å². The van der Waals surface area contributed by atoms with Gasteiger partial charge in [0.2, 0.25) is 0 Å². The highest BCUT2D eigenvalue weighted by Gasteiger charge is 2.16. The number of hydrogen-bond donors (Lipinski definition) is 1. The summed E-state index contributed by atoms with van der Waals surface area (Å²) in [6, 6.07) is 4.42. The second-order valence-corrected chi connectivity index (χ2v) is 3.96. The summed E-state index contributed by atoms with van der Waals surface area (Å²) in [6.07, 6.45) is -0.789. The van der Waals surface area contributed by atoms with Crippen LogP contribution in [-0.2, 0) is 9.47 Å². The first kappa shape index (κ1) is 15.2. The first-order valence-corrected chi connectivity index (χ1v) is 6.16. The van der Waals surface area contributed by atoms with Crippen molar-refractivity contribution in [2.24, 2.45) is 0 Å². The summed E-state index contributed by atoms with van der Waals surface area (Å²) in [5.74, 6) is -1.06. The van der Waals surface area contributed by atoms with Gasteiger partial charge in [-0.2, -0.15) is 0 Å². The number of esters is 2. The van der Waals surface area contributed by atoms with Crippen LogP contribution < -0.4 is 0 Å². The van der Waals surface area contributed by atoms with E-state index in [1.165, 1.54) is 18.2 Å². The zero-order valence-corrected chi connectivity index (χ0v) is 11.3. The Hall–Kier alpha value is -1.88. The fourth-order valence-electron chi connectivity index (χ4n) is 1.56. The number of carbonyl (C=O) groups excluding carboxylic acids is 2. The van der Waals surface area contributed by atoms with Crippen LogP contribution >= 0.6 is 0 Å². The zero-order valence-electron chi connectivity index (χ0n) is 11.3. The van der Waals surface area contributed by atoms with Crippen molar-refractivity contribution >= 4 is 11.9 Å². The minimum Gasteiger partial charge on any atom is -0.462 e. The summed E-state index contributed by atoms with van der Waals surface area (Å²) < 4.78 is 9.77. The van der Waals surface area contributed by atoms with Crippen LogP contribution in [-0.4, -0.2) is 30.3 Å². The minimum absolute atomic E-state index is 0.225. The molecule has 5 heteroatoms. The average Bonchev–Trinajstić information content (AvgIpc) is 2.38. The molecule has 0 aliphatic heterocycles. The van der Waals surface area contributed by atoms with Gasteiger partial charge in [-0.1, -0.05) is 0 Å². The summed E-state index contributed by atoms with van der Waals surface area (Å²) in [6.45, 7) is 5.43. The minimum atomic E-state index is -0.789. The molecule has 1 rings (SSSR count). The maximum Gasteiger partial charge on any atom is 0.338 e. The predicted octanol–water partition coefficient (Wildman–Crippen LogP) is 2.09. The number of carbonyl (C=O) groups is 2. The Bertz CT molecular complexity index is 429. The van der Waals surface area contributed by atoms with E-state index in [0.29, 0.717) is 5.56 Å². The molecule has 1 atom stereocenters. The van der Waals surface area contributed by atoms with Crippen LogP contribution in [0, 0.1) is 0 Å². The number of hydrogen-bond acceptors (Lipinski definition) is 5. The molecule has 0 fully saturated rings. The van der Waals surface area contributed by atoms with Crippen molar-refractivity contribution in [1.29, 1.82) is 0 Å². The molecular formula is C14H18O5. The number of aliphatic hydroxyl groups is 1. The van der Waals surface area contributed by atoms with Crippen LogP contribution in [0.2, 0.25) is 0 Å². The van der Waals surface area contributed by atoms with Gasteiger partial charge in [0.15, 0.2) is 0 Å². The second kappa shape index (κ2) is 6.89. The fourth-order valence-corrected chi connectivity index (χ4v) is 1.56. The van der Waals surface area contributed by atoms with Gasteiger partial charge >= 0.3 is 11.9 Å². The van der Waals surface area contributed by atoms with E-state index in [-0.39, 0.29) is 24.3 Å². The molecule has 0 spiro atoms. The summed E-state index contributed by atoms with van der Waals surface area (Å²) in [7, 11) is 0. The standard InChI is InChI=1S/C14H18O5/c1-4-18-13(16)11-6-10(9(3)15)7-12(8-11)14(17)19-5-2/h6-9,15H,4-5H2,1-3H3. The molecule has 0 amide bonds. The normalized spacial score (nSPS) is 11.8. The van der Waals surface area contributed by atoms with Crippen LogP contribution in [0.25, 0.3) is 0 Å². The maximum atomic E-state index is 11.7. The lowest BCUT2D eigenvalue weighted by Crippen LogP contribution is -2.11. The third kappa shape index (κ3) is 4.06. The smallest absolute Gasteiger partial charge is 0.338 e. The third-order valence-corrected chi connectivity index (χ3v) is 2.46. The van der Waals surface area contributed by atoms with E-state index < -0.39 is 18.0 Å². The molecule has 19 heavy (non-hydrogen) atoms. The largest absolute Gasteiger partial charge is 0.462 e. The second-order valence-electron chi connectivity index (χ2n) is 3.96. The highest BCUT2D eigenvalue weighted by Crippen LogP contribution is 2.18. The molecule has 0 bridgehead atoms. The SMILES string of the molecule is CCOC(=O)c1cc(C(=O)OCC)cc(C(C)O)c1. The lowest BCUT2D eigenvalue weighted by atomic mass is 10.0. The molecule has 0 aliphatic carbocycles. The van der Waals surface area contributed by atoms with Gasteiger partial charge in [0, 0.05) is 0 Å². The van der Waals surface area contributed by atoms with E-state index in [1.807, 2.05) is 0 Å². The van der Waals surface area contributed by atoms with Crippen LogP contribution in [0.3, 0.4) is 0 Å². The molecule has 0 aliphatic rings. The Labute approximate surface area is 112 Å². The van der Waals surface area contributed by atoms with E-state index in [2.05, 4.69) is 0 Å². The van der Waals surface area contributed by atoms with Crippen molar-refractivity contribution in [3.63, 3.8) is 0 Å². The van der Waals surface area contributed by atoms with Crippen molar-refractivity contribution < 1.29 is 24.2 Å². The number of rotatable bonds is 5. The van der Waals surface area contributed by atoms with E-state index in [0.717, 1.165) is 0 Å². The maximum absolute atomic E-state index is 11.7. The summed E-state index contributed by atoms with van der Waals surface area (Å²) in [5, 5.41) is 9.59. The highest BCUT2D eigenvalue weighted by atomic mass is 16.5. The van der Waals surface area contributed by atoms with Gasteiger partial charge in [0.25, 0.3) is 0 Å². The molecule has 1 aromatic rings. The Kier molecular flexibility index (Phi) is 5.51. The van der Waals surface area contributed by atoms with Gasteiger partial charge < -0.3 is 14.6 Å². The van der Waals surface area contributed by atoms with E-state index in [4.69, 9.17) is 9.47 Å². The number of benzene rings is 1. The van der Waals surface area contributed by atoms with E-state index in [9.17, 15) is 14.7 Å². The van der Waals surface area contributed by atoms with Crippen LogP contribution in [0.5, 0.6) is 0 Å². The van der Waals surface area contributed by atoms with Gasteiger partial charge in [-0.15, -0.1) is 0 Å². The summed E-state index contributed by atoms with van der Waals surface area (Å²) >= 11 is 0. The predicted molar refractivity (Wildman–Crippen MR) is 69.0 cm³/mol. The first-order valence-electron chi connectivity index (χ1n) is 6.16. The molecule has 104 valence electrons. The molecule has 1 aromatic carbocycles. The van der Waals surface area contributed by atoms with Crippen LogP contribution in [0.4, 0.5) is 0 Å². The monoisotopic (exact) mass is 266 g/mol.